The average molecular weight is 787 g/mol. The van der Waals surface area contributed by atoms with E-state index in [0.717, 1.165) is 27.9 Å². The molecular formula is C40H41BrClN5O3S. The zero-order valence-electron chi connectivity index (χ0n) is 29.5. The number of thioether (sulfide) groups is 1. The van der Waals surface area contributed by atoms with E-state index >= 15 is 0 Å². The Kier molecular flexibility index (Phi) is 11.1. The summed E-state index contributed by atoms with van der Waals surface area (Å²) in [6, 6.07) is 27.2. The molecule has 0 radical (unpaired) electrons. The third-order valence-electron chi connectivity index (χ3n) is 8.64. The molecule has 8 nitrogen and oxygen atoms in total. The van der Waals surface area contributed by atoms with Gasteiger partial charge in [-0.1, -0.05) is 105 Å². The van der Waals surface area contributed by atoms with E-state index in [4.69, 9.17) is 31.2 Å². The van der Waals surface area contributed by atoms with E-state index in [0.29, 0.717) is 62.3 Å². The maximum atomic E-state index is 14.2. The molecule has 5 aromatic rings. The number of anilines is 2. The molecule has 0 bridgehead atoms. The number of rotatable bonds is 11. The van der Waals surface area contributed by atoms with E-state index in [1.165, 1.54) is 17.3 Å². The molecule has 0 spiro atoms. The first-order chi connectivity index (χ1) is 24.4. The second kappa shape index (κ2) is 15.6. The predicted molar refractivity (Wildman–Crippen MR) is 210 cm³/mol. The van der Waals surface area contributed by atoms with Crippen LogP contribution in [0.3, 0.4) is 0 Å². The lowest BCUT2D eigenvalue weighted by Gasteiger charge is -2.29. The van der Waals surface area contributed by atoms with Crippen molar-refractivity contribution in [3.05, 3.63) is 134 Å². The van der Waals surface area contributed by atoms with Crippen LogP contribution in [0.2, 0.25) is 5.02 Å². The summed E-state index contributed by atoms with van der Waals surface area (Å²) in [5.74, 6) is 2.00. The summed E-state index contributed by atoms with van der Waals surface area (Å²) in [5, 5.41) is 12.6. The van der Waals surface area contributed by atoms with Crippen LogP contribution in [0, 0.1) is 6.92 Å². The molecule has 6 rings (SSSR count). The SMILES string of the molecule is CCOc1cc(C2C(C(=O)Nc3ccccc3C)=C(C)Nc3nc(SCc4ccccc4Cl)nn32)cc(Br)c1OCc1ccc(C(C)(C)C)cc1. The highest BCUT2D eigenvalue weighted by molar-refractivity contribution is 9.10. The minimum absolute atomic E-state index is 0.0660. The van der Waals surface area contributed by atoms with Crippen molar-refractivity contribution in [2.75, 3.05) is 17.2 Å². The van der Waals surface area contributed by atoms with Crippen molar-refractivity contribution in [1.82, 2.24) is 14.8 Å². The molecule has 1 aliphatic heterocycles. The van der Waals surface area contributed by atoms with Crippen LogP contribution in [0.4, 0.5) is 11.6 Å². The number of hydrogen-bond acceptors (Lipinski definition) is 7. The van der Waals surface area contributed by atoms with Gasteiger partial charge in [0.2, 0.25) is 11.1 Å². The van der Waals surface area contributed by atoms with Crippen LogP contribution in [-0.2, 0) is 22.6 Å². The van der Waals surface area contributed by atoms with Crippen LogP contribution in [0.5, 0.6) is 11.5 Å². The van der Waals surface area contributed by atoms with E-state index in [-0.39, 0.29) is 11.3 Å². The van der Waals surface area contributed by atoms with Gasteiger partial charge < -0.3 is 20.1 Å². The molecule has 1 unspecified atom stereocenters. The molecule has 1 aromatic heterocycles. The van der Waals surface area contributed by atoms with Crippen molar-refractivity contribution < 1.29 is 14.3 Å². The Balaban J connectivity index is 1.37. The molecule has 1 atom stereocenters. The Morgan fingerprint density at radius 1 is 1.02 bits per heavy atom. The molecule has 0 aliphatic carbocycles. The summed E-state index contributed by atoms with van der Waals surface area (Å²) in [5.41, 5.74) is 6.99. The average Bonchev–Trinajstić information content (AvgIpc) is 3.50. The fourth-order valence-electron chi connectivity index (χ4n) is 5.86. The Hall–Kier alpha value is -4.25. The number of hydrogen-bond donors (Lipinski definition) is 2. The highest BCUT2D eigenvalue weighted by Gasteiger charge is 2.36. The number of amides is 1. The van der Waals surface area contributed by atoms with E-state index in [2.05, 4.69) is 71.6 Å². The number of fused-ring (bicyclic) bond motifs is 1. The lowest BCUT2D eigenvalue weighted by atomic mass is 9.87. The van der Waals surface area contributed by atoms with Crippen LogP contribution in [0.15, 0.2) is 106 Å². The first-order valence-electron chi connectivity index (χ1n) is 16.8. The van der Waals surface area contributed by atoms with Gasteiger partial charge in [-0.2, -0.15) is 4.98 Å². The number of para-hydroxylation sites is 1. The van der Waals surface area contributed by atoms with Crippen LogP contribution in [-0.4, -0.2) is 27.3 Å². The van der Waals surface area contributed by atoms with Gasteiger partial charge in [-0.3, -0.25) is 4.79 Å². The lowest BCUT2D eigenvalue weighted by Crippen LogP contribution is -2.31. The highest BCUT2D eigenvalue weighted by atomic mass is 79.9. The minimum Gasteiger partial charge on any atom is -0.490 e. The van der Waals surface area contributed by atoms with E-state index in [1.807, 2.05) is 81.4 Å². The van der Waals surface area contributed by atoms with E-state index in [9.17, 15) is 4.79 Å². The van der Waals surface area contributed by atoms with Gasteiger partial charge in [-0.25, -0.2) is 4.68 Å². The molecule has 11 heteroatoms. The molecule has 0 saturated carbocycles. The van der Waals surface area contributed by atoms with Gasteiger partial charge in [0.1, 0.15) is 12.6 Å². The van der Waals surface area contributed by atoms with Gasteiger partial charge in [0, 0.05) is 22.2 Å². The maximum absolute atomic E-state index is 14.2. The lowest BCUT2D eigenvalue weighted by molar-refractivity contribution is -0.113. The van der Waals surface area contributed by atoms with Crippen molar-refractivity contribution in [1.29, 1.82) is 0 Å². The molecule has 1 amide bonds. The number of benzene rings is 4. The van der Waals surface area contributed by atoms with Gasteiger partial charge in [0.05, 0.1) is 16.7 Å². The number of ether oxygens (including phenoxy) is 2. The zero-order chi connectivity index (χ0) is 36.3. The largest absolute Gasteiger partial charge is 0.490 e. The topological polar surface area (TPSA) is 90.3 Å². The van der Waals surface area contributed by atoms with Crippen molar-refractivity contribution in [3.8, 4) is 11.5 Å². The summed E-state index contributed by atoms with van der Waals surface area (Å²) < 4.78 is 15.0. The monoisotopic (exact) mass is 785 g/mol. The van der Waals surface area contributed by atoms with Gasteiger partial charge in [0.25, 0.3) is 5.91 Å². The molecule has 1 aliphatic rings. The number of carbonyl (C=O) groups is 1. The fourth-order valence-corrected chi connectivity index (χ4v) is 7.55. The number of halogens is 2. The predicted octanol–water partition coefficient (Wildman–Crippen LogP) is 10.5. The second-order valence-corrected chi connectivity index (χ2v) is 15.6. The summed E-state index contributed by atoms with van der Waals surface area (Å²) >= 11 is 11.7. The molecule has 4 aromatic carbocycles. The summed E-state index contributed by atoms with van der Waals surface area (Å²) in [7, 11) is 0. The van der Waals surface area contributed by atoms with Crippen molar-refractivity contribution in [3.63, 3.8) is 0 Å². The standard InChI is InChI=1S/C40H41BrClN5O3S/c1-7-49-33-21-28(20-30(41)36(33)50-22-26-16-18-29(19-17-26)40(4,5)6)35-34(37(48)44-32-15-11-8-12-24(32)2)25(3)43-38-45-39(46-47(35)38)51-23-27-13-9-10-14-31(27)42/h8-21,35H,7,22-23H2,1-6H3,(H,44,48)(H,43,45,46). The molecular weight excluding hydrogens is 746 g/mol. The van der Waals surface area contributed by atoms with Gasteiger partial charge in [-0.15, -0.1) is 5.10 Å². The molecule has 0 saturated heterocycles. The molecule has 264 valence electrons. The van der Waals surface area contributed by atoms with Crippen molar-refractivity contribution in [2.45, 2.75) is 70.5 Å². The number of aryl methyl sites for hydroxylation is 1. The normalized spacial score (nSPS) is 14.2. The third kappa shape index (κ3) is 8.29. The first-order valence-corrected chi connectivity index (χ1v) is 18.9. The number of allylic oxidation sites excluding steroid dienone is 1. The zero-order valence-corrected chi connectivity index (χ0v) is 32.7. The van der Waals surface area contributed by atoms with Crippen LogP contribution in [0.25, 0.3) is 0 Å². The second-order valence-electron chi connectivity index (χ2n) is 13.4. The quantitative estimate of drug-likeness (QED) is 0.129. The molecule has 2 heterocycles. The summed E-state index contributed by atoms with van der Waals surface area (Å²) in [6.45, 7) is 13.2. The molecule has 51 heavy (non-hydrogen) atoms. The molecule has 2 N–H and O–H groups in total. The maximum Gasteiger partial charge on any atom is 0.255 e. The summed E-state index contributed by atoms with van der Waals surface area (Å²) in [4.78, 5) is 19.1. The smallest absolute Gasteiger partial charge is 0.255 e. The fraction of sp³-hybridized carbons (Fsp3) is 0.275. The van der Waals surface area contributed by atoms with Gasteiger partial charge in [0.15, 0.2) is 11.5 Å². The Bertz CT molecular complexity index is 2090. The Morgan fingerprint density at radius 3 is 2.45 bits per heavy atom. The van der Waals surface area contributed by atoms with E-state index in [1.54, 1.807) is 4.68 Å². The number of carbonyl (C=O) groups excluding carboxylic acids is 1. The van der Waals surface area contributed by atoms with E-state index < -0.39 is 6.04 Å². The third-order valence-corrected chi connectivity index (χ3v) is 10.5. The molecule has 0 fully saturated rings. The number of nitrogens with one attached hydrogen (secondary N) is 2. The van der Waals surface area contributed by atoms with Crippen LogP contribution in [0.1, 0.15) is 68.5 Å². The van der Waals surface area contributed by atoms with Crippen molar-refractivity contribution >= 4 is 56.8 Å². The summed E-state index contributed by atoms with van der Waals surface area (Å²) in [6.07, 6.45) is 0. The van der Waals surface area contributed by atoms with Crippen molar-refractivity contribution in [2.24, 2.45) is 0 Å². The minimum atomic E-state index is -0.637. The first kappa shape index (κ1) is 36.5. The Morgan fingerprint density at radius 2 is 1.75 bits per heavy atom. The van der Waals surface area contributed by atoms with Crippen LogP contribution >= 0.6 is 39.3 Å². The van der Waals surface area contributed by atoms with Gasteiger partial charge in [-0.05, 0) is 94.2 Å². The van der Waals surface area contributed by atoms with Gasteiger partial charge >= 0.3 is 0 Å². The van der Waals surface area contributed by atoms with Crippen LogP contribution < -0.4 is 20.1 Å². The highest BCUT2D eigenvalue weighted by Crippen LogP contribution is 2.44. The Labute approximate surface area is 317 Å². The number of aromatic nitrogens is 3. The number of nitrogens with zero attached hydrogens (tertiary/aromatic N) is 3.